The number of rotatable bonds is 5. The summed E-state index contributed by atoms with van der Waals surface area (Å²) in [5, 5.41) is 7.65. The summed E-state index contributed by atoms with van der Waals surface area (Å²) >= 11 is 0. The summed E-state index contributed by atoms with van der Waals surface area (Å²) < 4.78 is 1.92. The van der Waals surface area contributed by atoms with E-state index < -0.39 is 0 Å². The molecule has 0 atom stereocenters. The van der Waals surface area contributed by atoms with E-state index >= 15 is 0 Å². The van der Waals surface area contributed by atoms with Crippen molar-refractivity contribution in [2.45, 2.75) is 33.2 Å². The number of pyridine rings is 1. The molecule has 0 saturated carbocycles. The van der Waals surface area contributed by atoms with Crippen LogP contribution in [0.3, 0.4) is 0 Å². The molecule has 1 saturated heterocycles. The molecule has 1 fully saturated rings. The third kappa shape index (κ3) is 3.63. The monoisotopic (exact) mass is 375 g/mol. The van der Waals surface area contributed by atoms with Gasteiger partial charge in [-0.2, -0.15) is 5.10 Å². The summed E-state index contributed by atoms with van der Waals surface area (Å²) in [5.41, 5.74) is 5.52. The van der Waals surface area contributed by atoms with Crippen molar-refractivity contribution < 1.29 is 4.79 Å². The normalized spacial score (nSPS) is 13.7. The Morgan fingerprint density at radius 3 is 2.57 bits per heavy atom. The van der Waals surface area contributed by atoms with E-state index in [2.05, 4.69) is 20.3 Å². The Kier molecular flexibility index (Phi) is 5.10. The fraction of sp³-hybridized carbons (Fsp3) is 0.318. The lowest BCUT2D eigenvalue weighted by atomic mass is 10.2. The zero-order valence-electron chi connectivity index (χ0n) is 16.4. The zero-order chi connectivity index (χ0) is 19.5. The van der Waals surface area contributed by atoms with Gasteiger partial charge in [0.1, 0.15) is 5.69 Å². The van der Waals surface area contributed by atoms with E-state index in [4.69, 9.17) is 0 Å². The summed E-state index contributed by atoms with van der Waals surface area (Å²) in [4.78, 5) is 19.2. The second-order valence-electron chi connectivity index (χ2n) is 7.17. The Morgan fingerprint density at radius 1 is 1.07 bits per heavy atom. The fourth-order valence-electron chi connectivity index (χ4n) is 3.73. The number of aromatic nitrogens is 3. The largest absolute Gasteiger partial charge is 0.371 e. The minimum atomic E-state index is -0.160. The Labute approximate surface area is 165 Å². The van der Waals surface area contributed by atoms with E-state index in [1.165, 1.54) is 12.8 Å². The second-order valence-corrected chi connectivity index (χ2v) is 7.17. The number of amides is 1. The molecule has 3 heterocycles. The molecule has 1 aromatic carbocycles. The molecule has 6 heteroatoms. The molecule has 28 heavy (non-hydrogen) atoms. The maximum absolute atomic E-state index is 12.7. The van der Waals surface area contributed by atoms with Crippen molar-refractivity contribution >= 4 is 11.6 Å². The minimum absolute atomic E-state index is 0.160. The predicted molar refractivity (Wildman–Crippen MR) is 110 cm³/mol. The van der Waals surface area contributed by atoms with Crippen LogP contribution >= 0.6 is 0 Å². The molecule has 0 unspecified atom stereocenters. The molecule has 1 aliphatic rings. The Hall–Kier alpha value is -3.15. The van der Waals surface area contributed by atoms with E-state index in [9.17, 15) is 4.79 Å². The highest BCUT2D eigenvalue weighted by Gasteiger charge is 2.17. The van der Waals surface area contributed by atoms with Gasteiger partial charge in [-0.1, -0.05) is 18.2 Å². The van der Waals surface area contributed by atoms with E-state index in [0.29, 0.717) is 12.2 Å². The van der Waals surface area contributed by atoms with Crippen LogP contribution in [0.25, 0.3) is 5.69 Å². The van der Waals surface area contributed by atoms with E-state index in [1.807, 2.05) is 61.0 Å². The molecule has 4 rings (SSSR count). The van der Waals surface area contributed by atoms with Crippen LogP contribution in [0, 0.1) is 13.8 Å². The van der Waals surface area contributed by atoms with Crippen molar-refractivity contribution in [1.82, 2.24) is 20.1 Å². The molecule has 0 aliphatic carbocycles. The summed E-state index contributed by atoms with van der Waals surface area (Å²) in [7, 11) is 0. The summed E-state index contributed by atoms with van der Waals surface area (Å²) in [6.07, 6.45) is 4.12. The number of anilines is 1. The smallest absolute Gasteiger partial charge is 0.270 e. The molecule has 6 nitrogen and oxygen atoms in total. The van der Waals surface area contributed by atoms with Crippen molar-refractivity contribution in [3.8, 4) is 5.69 Å². The lowest BCUT2D eigenvalue weighted by Crippen LogP contribution is -2.25. The molecule has 0 spiro atoms. The van der Waals surface area contributed by atoms with Gasteiger partial charge < -0.3 is 10.2 Å². The molecular formula is C22H25N5O. The highest BCUT2D eigenvalue weighted by atomic mass is 16.1. The first kappa shape index (κ1) is 18.2. The van der Waals surface area contributed by atoms with Crippen LogP contribution in [-0.2, 0) is 6.54 Å². The van der Waals surface area contributed by atoms with Gasteiger partial charge in [-0.3, -0.25) is 9.78 Å². The Balaban J connectivity index is 1.48. The molecule has 1 amide bonds. The van der Waals surface area contributed by atoms with Gasteiger partial charge in [-0.25, -0.2) is 4.68 Å². The Morgan fingerprint density at radius 2 is 1.82 bits per heavy atom. The average Bonchev–Trinajstić information content (AvgIpc) is 3.36. The molecule has 0 bridgehead atoms. The van der Waals surface area contributed by atoms with Gasteiger partial charge in [0, 0.05) is 42.8 Å². The van der Waals surface area contributed by atoms with Crippen molar-refractivity contribution in [3.63, 3.8) is 0 Å². The lowest BCUT2D eigenvalue weighted by Gasteiger charge is -2.17. The molecule has 0 radical (unpaired) electrons. The number of carbonyl (C=O) groups is 1. The lowest BCUT2D eigenvalue weighted by molar-refractivity contribution is 0.0946. The van der Waals surface area contributed by atoms with E-state index in [0.717, 1.165) is 41.4 Å². The third-order valence-corrected chi connectivity index (χ3v) is 5.32. The topological polar surface area (TPSA) is 63.1 Å². The first-order valence-electron chi connectivity index (χ1n) is 9.73. The summed E-state index contributed by atoms with van der Waals surface area (Å²) in [5.74, 6) is -0.160. The van der Waals surface area contributed by atoms with Crippen molar-refractivity contribution in [3.05, 3.63) is 71.3 Å². The minimum Gasteiger partial charge on any atom is -0.371 e. The quantitative estimate of drug-likeness (QED) is 0.742. The van der Waals surface area contributed by atoms with Gasteiger partial charge >= 0.3 is 0 Å². The van der Waals surface area contributed by atoms with Gasteiger partial charge in [0.15, 0.2) is 0 Å². The number of hydrogen-bond acceptors (Lipinski definition) is 4. The number of benzene rings is 1. The third-order valence-electron chi connectivity index (χ3n) is 5.32. The summed E-state index contributed by atoms with van der Waals surface area (Å²) in [6, 6.07) is 13.9. The van der Waals surface area contributed by atoms with Crippen LogP contribution in [-0.4, -0.2) is 33.8 Å². The average molecular weight is 375 g/mol. The fourth-order valence-corrected chi connectivity index (χ4v) is 3.73. The molecule has 3 aromatic rings. The summed E-state index contributed by atoms with van der Waals surface area (Å²) in [6.45, 7) is 6.52. The SMILES string of the molecule is Cc1nn(-c2ccccc2)c(C)c1CNC(=O)c1cc(N2CCCC2)ccn1. The maximum Gasteiger partial charge on any atom is 0.270 e. The first-order chi connectivity index (χ1) is 13.6. The predicted octanol–water partition coefficient (Wildman–Crippen LogP) is 3.41. The Bertz CT molecular complexity index is 974. The van der Waals surface area contributed by atoms with E-state index in [1.54, 1.807) is 6.20 Å². The number of para-hydroxylation sites is 1. The maximum atomic E-state index is 12.7. The van der Waals surface area contributed by atoms with Crippen molar-refractivity contribution in [1.29, 1.82) is 0 Å². The van der Waals surface area contributed by atoms with Crippen molar-refractivity contribution in [2.75, 3.05) is 18.0 Å². The highest BCUT2D eigenvalue weighted by molar-refractivity contribution is 5.93. The van der Waals surface area contributed by atoms with Crippen LogP contribution in [0.15, 0.2) is 48.7 Å². The number of carbonyl (C=O) groups excluding carboxylic acids is 1. The molecule has 144 valence electrons. The molecule has 1 N–H and O–H groups in total. The van der Waals surface area contributed by atoms with Crippen LogP contribution in [0.1, 0.15) is 40.3 Å². The second kappa shape index (κ2) is 7.84. The van der Waals surface area contributed by atoms with Gasteiger partial charge in [0.05, 0.1) is 11.4 Å². The molecule has 1 aliphatic heterocycles. The van der Waals surface area contributed by atoms with Crippen LogP contribution in [0.4, 0.5) is 5.69 Å². The molecule has 2 aromatic heterocycles. The van der Waals surface area contributed by atoms with Gasteiger partial charge in [-0.15, -0.1) is 0 Å². The van der Waals surface area contributed by atoms with E-state index in [-0.39, 0.29) is 5.91 Å². The van der Waals surface area contributed by atoms with Crippen LogP contribution in [0.2, 0.25) is 0 Å². The van der Waals surface area contributed by atoms with Gasteiger partial charge in [-0.05, 0) is 51.0 Å². The standard InChI is InChI=1S/C22H25N5O/c1-16-20(17(2)27(25-16)18-8-4-3-5-9-18)15-24-22(28)21-14-19(10-11-23-21)26-12-6-7-13-26/h3-5,8-11,14H,6-7,12-13,15H2,1-2H3,(H,24,28). The van der Waals surface area contributed by atoms with Gasteiger partial charge in [0.2, 0.25) is 0 Å². The van der Waals surface area contributed by atoms with Crippen LogP contribution in [0.5, 0.6) is 0 Å². The zero-order valence-corrected chi connectivity index (χ0v) is 16.4. The van der Waals surface area contributed by atoms with Gasteiger partial charge in [0.25, 0.3) is 5.91 Å². The number of nitrogens with one attached hydrogen (secondary N) is 1. The number of nitrogens with zero attached hydrogens (tertiary/aromatic N) is 4. The molecular weight excluding hydrogens is 350 g/mol. The highest BCUT2D eigenvalue weighted by Crippen LogP contribution is 2.21. The number of aryl methyl sites for hydroxylation is 1. The first-order valence-corrected chi connectivity index (χ1v) is 9.73. The van der Waals surface area contributed by atoms with Crippen LogP contribution < -0.4 is 10.2 Å². The van der Waals surface area contributed by atoms with Crippen molar-refractivity contribution in [2.24, 2.45) is 0 Å². The number of hydrogen-bond donors (Lipinski definition) is 1.